The molecule has 1 aliphatic rings. The standard InChI is InChI=1S/C9H17NO/c1-7(2)8(11)6-10-9(3)4-5-9/h7,10H,4-6H2,1-3H3. The van der Waals surface area contributed by atoms with Gasteiger partial charge in [-0.05, 0) is 19.8 Å². The van der Waals surface area contributed by atoms with Crippen LogP contribution in [-0.2, 0) is 4.79 Å². The van der Waals surface area contributed by atoms with Crippen LogP contribution in [0.4, 0.5) is 0 Å². The van der Waals surface area contributed by atoms with E-state index in [2.05, 4.69) is 12.2 Å². The van der Waals surface area contributed by atoms with E-state index in [1.54, 1.807) is 0 Å². The molecule has 0 aliphatic heterocycles. The van der Waals surface area contributed by atoms with E-state index in [4.69, 9.17) is 0 Å². The fraction of sp³-hybridized carbons (Fsp3) is 0.889. The SMILES string of the molecule is CC(C)C(=O)CNC1(C)CC1. The van der Waals surface area contributed by atoms with Gasteiger partial charge in [-0.3, -0.25) is 4.79 Å². The quantitative estimate of drug-likeness (QED) is 0.664. The monoisotopic (exact) mass is 155 g/mol. The van der Waals surface area contributed by atoms with E-state index < -0.39 is 0 Å². The smallest absolute Gasteiger partial charge is 0.149 e. The highest BCUT2D eigenvalue weighted by atomic mass is 16.1. The molecule has 0 aromatic heterocycles. The molecule has 64 valence electrons. The first kappa shape index (κ1) is 8.72. The van der Waals surface area contributed by atoms with Gasteiger partial charge in [0.25, 0.3) is 0 Å². The van der Waals surface area contributed by atoms with Crippen molar-refractivity contribution in [2.24, 2.45) is 5.92 Å². The molecule has 0 bridgehead atoms. The predicted molar refractivity (Wildman–Crippen MR) is 45.5 cm³/mol. The molecule has 0 aromatic carbocycles. The van der Waals surface area contributed by atoms with Crippen molar-refractivity contribution in [1.82, 2.24) is 5.32 Å². The summed E-state index contributed by atoms with van der Waals surface area (Å²) in [5.41, 5.74) is 0.296. The lowest BCUT2D eigenvalue weighted by atomic mass is 10.1. The third kappa shape index (κ3) is 2.62. The molecule has 1 rings (SSSR count). The number of rotatable bonds is 4. The summed E-state index contributed by atoms with van der Waals surface area (Å²) in [5.74, 6) is 0.489. The van der Waals surface area contributed by atoms with E-state index in [0.29, 0.717) is 17.9 Å². The van der Waals surface area contributed by atoms with Gasteiger partial charge >= 0.3 is 0 Å². The maximum atomic E-state index is 11.2. The minimum Gasteiger partial charge on any atom is -0.305 e. The van der Waals surface area contributed by atoms with Crippen molar-refractivity contribution in [2.45, 2.75) is 39.2 Å². The first-order chi connectivity index (χ1) is 5.03. The molecule has 0 atom stereocenters. The van der Waals surface area contributed by atoms with Gasteiger partial charge in [-0.1, -0.05) is 13.8 Å². The zero-order valence-electron chi connectivity index (χ0n) is 7.61. The van der Waals surface area contributed by atoms with Crippen molar-refractivity contribution in [3.63, 3.8) is 0 Å². The van der Waals surface area contributed by atoms with Crippen molar-refractivity contribution in [2.75, 3.05) is 6.54 Å². The van der Waals surface area contributed by atoms with Gasteiger partial charge in [-0.15, -0.1) is 0 Å². The molecule has 0 radical (unpaired) electrons. The first-order valence-corrected chi connectivity index (χ1v) is 4.31. The van der Waals surface area contributed by atoms with Gasteiger partial charge in [0, 0.05) is 11.5 Å². The van der Waals surface area contributed by atoms with E-state index >= 15 is 0 Å². The number of hydrogen-bond acceptors (Lipinski definition) is 2. The molecular formula is C9H17NO. The molecule has 1 aliphatic carbocycles. The Labute approximate surface area is 68.4 Å². The Morgan fingerprint density at radius 3 is 2.45 bits per heavy atom. The summed E-state index contributed by atoms with van der Waals surface area (Å²) in [5, 5.41) is 3.26. The Kier molecular flexibility index (Phi) is 2.33. The van der Waals surface area contributed by atoms with Crippen LogP contribution >= 0.6 is 0 Å². The van der Waals surface area contributed by atoms with E-state index in [9.17, 15) is 4.79 Å². The van der Waals surface area contributed by atoms with Crippen LogP contribution in [-0.4, -0.2) is 17.9 Å². The molecule has 1 N–H and O–H groups in total. The second kappa shape index (κ2) is 2.94. The molecule has 0 heterocycles. The number of Topliss-reactive ketones (excluding diaryl/α,β-unsaturated/α-hetero) is 1. The van der Waals surface area contributed by atoms with Crippen molar-refractivity contribution >= 4 is 5.78 Å². The second-order valence-electron chi connectivity index (χ2n) is 4.04. The predicted octanol–water partition coefficient (Wildman–Crippen LogP) is 1.35. The lowest BCUT2D eigenvalue weighted by Crippen LogP contribution is -2.34. The molecule has 0 saturated heterocycles. The largest absolute Gasteiger partial charge is 0.305 e. The summed E-state index contributed by atoms with van der Waals surface area (Å²) in [4.78, 5) is 11.2. The highest BCUT2D eigenvalue weighted by Crippen LogP contribution is 2.33. The fourth-order valence-electron chi connectivity index (χ4n) is 0.869. The minimum atomic E-state index is 0.171. The van der Waals surface area contributed by atoms with Crippen molar-refractivity contribution in [1.29, 1.82) is 0 Å². The highest BCUT2D eigenvalue weighted by molar-refractivity contribution is 5.82. The Morgan fingerprint density at radius 1 is 1.55 bits per heavy atom. The molecule has 0 amide bonds. The number of hydrogen-bond donors (Lipinski definition) is 1. The number of carbonyl (C=O) groups is 1. The normalized spacial score (nSPS) is 20.4. The lowest BCUT2D eigenvalue weighted by molar-refractivity contribution is -0.121. The number of ketones is 1. The molecular weight excluding hydrogens is 138 g/mol. The van der Waals surface area contributed by atoms with E-state index in [-0.39, 0.29) is 5.92 Å². The van der Waals surface area contributed by atoms with Crippen LogP contribution in [0.25, 0.3) is 0 Å². The Balaban J connectivity index is 2.16. The van der Waals surface area contributed by atoms with Crippen molar-refractivity contribution in [3.05, 3.63) is 0 Å². The maximum absolute atomic E-state index is 11.2. The zero-order chi connectivity index (χ0) is 8.48. The molecule has 0 unspecified atom stereocenters. The Bertz CT molecular complexity index is 159. The summed E-state index contributed by atoms with van der Waals surface area (Å²) < 4.78 is 0. The number of nitrogens with one attached hydrogen (secondary N) is 1. The second-order valence-corrected chi connectivity index (χ2v) is 4.04. The van der Waals surface area contributed by atoms with Gasteiger partial charge in [-0.2, -0.15) is 0 Å². The van der Waals surface area contributed by atoms with Crippen molar-refractivity contribution in [3.8, 4) is 0 Å². The molecule has 2 heteroatoms. The van der Waals surface area contributed by atoms with Crippen LogP contribution in [0.5, 0.6) is 0 Å². The first-order valence-electron chi connectivity index (χ1n) is 4.31. The molecule has 1 saturated carbocycles. The topological polar surface area (TPSA) is 29.1 Å². The van der Waals surface area contributed by atoms with Gasteiger partial charge < -0.3 is 5.32 Å². The summed E-state index contributed by atoms with van der Waals surface area (Å²) >= 11 is 0. The third-order valence-electron chi connectivity index (χ3n) is 2.33. The minimum absolute atomic E-state index is 0.171. The number of carbonyl (C=O) groups excluding carboxylic acids is 1. The summed E-state index contributed by atoms with van der Waals surface area (Å²) in [6.07, 6.45) is 2.44. The highest BCUT2D eigenvalue weighted by Gasteiger charge is 2.36. The average molecular weight is 155 g/mol. The maximum Gasteiger partial charge on any atom is 0.149 e. The molecule has 2 nitrogen and oxygen atoms in total. The van der Waals surface area contributed by atoms with Crippen LogP contribution in [0.1, 0.15) is 33.6 Å². The lowest BCUT2D eigenvalue weighted by Gasteiger charge is -2.11. The van der Waals surface area contributed by atoms with Gasteiger partial charge in [0.1, 0.15) is 5.78 Å². The molecule has 0 aromatic rings. The molecule has 11 heavy (non-hydrogen) atoms. The van der Waals surface area contributed by atoms with Gasteiger partial charge in [0.2, 0.25) is 0 Å². The summed E-state index contributed by atoms with van der Waals surface area (Å²) in [7, 11) is 0. The van der Waals surface area contributed by atoms with Crippen molar-refractivity contribution < 1.29 is 4.79 Å². The van der Waals surface area contributed by atoms with E-state index in [0.717, 1.165) is 0 Å². The van der Waals surface area contributed by atoms with Crippen LogP contribution in [0.3, 0.4) is 0 Å². The van der Waals surface area contributed by atoms with Crippen LogP contribution < -0.4 is 5.32 Å². The molecule has 1 fully saturated rings. The summed E-state index contributed by atoms with van der Waals surface area (Å²) in [6.45, 7) is 6.60. The van der Waals surface area contributed by atoms with Gasteiger partial charge in [0.05, 0.1) is 6.54 Å². The Hall–Kier alpha value is -0.370. The Morgan fingerprint density at radius 2 is 2.09 bits per heavy atom. The van der Waals surface area contributed by atoms with Gasteiger partial charge in [0.15, 0.2) is 0 Å². The average Bonchev–Trinajstić information content (AvgIpc) is 2.64. The molecule has 0 spiro atoms. The van der Waals surface area contributed by atoms with Crippen LogP contribution in [0.15, 0.2) is 0 Å². The van der Waals surface area contributed by atoms with Crippen LogP contribution in [0.2, 0.25) is 0 Å². The fourth-order valence-corrected chi connectivity index (χ4v) is 0.869. The zero-order valence-corrected chi connectivity index (χ0v) is 7.61. The van der Waals surface area contributed by atoms with Gasteiger partial charge in [-0.25, -0.2) is 0 Å². The third-order valence-corrected chi connectivity index (χ3v) is 2.33. The van der Waals surface area contributed by atoms with E-state index in [1.807, 2.05) is 13.8 Å². The van der Waals surface area contributed by atoms with E-state index in [1.165, 1.54) is 12.8 Å². The summed E-state index contributed by atoms with van der Waals surface area (Å²) in [6, 6.07) is 0. The van der Waals surface area contributed by atoms with Crippen LogP contribution in [0, 0.1) is 5.92 Å².